The van der Waals surface area contributed by atoms with Crippen LogP contribution in [0.4, 0.5) is 0 Å². The van der Waals surface area contributed by atoms with E-state index in [1.807, 2.05) is 38.1 Å². The van der Waals surface area contributed by atoms with Gasteiger partial charge in [-0.15, -0.1) is 0 Å². The minimum Gasteiger partial charge on any atom is -0.321 e. The molecule has 16 heavy (non-hydrogen) atoms. The van der Waals surface area contributed by atoms with Crippen molar-refractivity contribution in [2.24, 2.45) is 5.73 Å². The molecular weight excluding hydrogens is 200 g/mol. The average molecular weight is 214 g/mol. The molecule has 0 aliphatic carbocycles. The van der Waals surface area contributed by atoms with Gasteiger partial charge in [-0.1, -0.05) is 6.07 Å². The summed E-state index contributed by atoms with van der Waals surface area (Å²) in [6.07, 6.45) is 3.26. The van der Waals surface area contributed by atoms with Gasteiger partial charge < -0.3 is 5.73 Å². The molecule has 2 aromatic rings. The van der Waals surface area contributed by atoms with Crippen molar-refractivity contribution in [2.75, 3.05) is 0 Å². The molecule has 2 rings (SSSR count). The van der Waals surface area contributed by atoms with Gasteiger partial charge in [-0.05, 0) is 32.0 Å². The van der Waals surface area contributed by atoms with Gasteiger partial charge in [0.25, 0.3) is 0 Å². The third-order valence-corrected chi connectivity index (χ3v) is 2.25. The highest BCUT2D eigenvalue weighted by Gasteiger charge is 2.16. The zero-order chi connectivity index (χ0) is 11.6. The topological polar surface area (TPSA) is 64.7 Å². The predicted octanol–water partition coefficient (Wildman–Crippen LogP) is 1.73. The minimum atomic E-state index is -0.466. The maximum Gasteiger partial charge on any atom is 0.116 e. The van der Waals surface area contributed by atoms with Gasteiger partial charge in [0.2, 0.25) is 0 Å². The Balaban J connectivity index is 2.45. The van der Waals surface area contributed by atoms with Gasteiger partial charge in [-0.3, -0.25) is 4.98 Å². The van der Waals surface area contributed by atoms with Gasteiger partial charge in [0.05, 0.1) is 22.6 Å². The Kier molecular flexibility index (Phi) is 2.66. The van der Waals surface area contributed by atoms with E-state index in [1.165, 1.54) is 6.33 Å². The van der Waals surface area contributed by atoms with E-state index in [-0.39, 0.29) is 0 Å². The van der Waals surface area contributed by atoms with Crippen LogP contribution in [0, 0.1) is 0 Å². The Labute approximate surface area is 94.6 Å². The highest BCUT2D eigenvalue weighted by atomic mass is 14.9. The van der Waals surface area contributed by atoms with Gasteiger partial charge >= 0.3 is 0 Å². The molecule has 0 unspecified atom stereocenters. The van der Waals surface area contributed by atoms with Crippen molar-refractivity contribution in [1.82, 2.24) is 15.0 Å². The van der Waals surface area contributed by atoms with Crippen molar-refractivity contribution in [3.05, 3.63) is 42.5 Å². The van der Waals surface area contributed by atoms with E-state index in [0.717, 1.165) is 17.1 Å². The zero-order valence-corrected chi connectivity index (χ0v) is 9.38. The first-order valence-electron chi connectivity index (χ1n) is 5.10. The summed E-state index contributed by atoms with van der Waals surface area (Å²) in [6.45, 7) is 3.83. The van der Waals surface area contributed by atoms with E-state index in [9.17, 15) is 0 Å². The number of nitrogens with two attached hydrogens (primary N) is 1. The smallest absolute Gasteiger partial charge is 0.116 e. The Bertz CT molecular complexity index is 474. The molecule has 2 N–H and O–H groups in total. The van der Waals surface area contributed by atoms with Crippen molar-refractivity contribution in [2.45, 2.75) is 19.4 Å². The van der Waals surface area contributed by atoms with E-state index < -0.39 is 5.54 Å². The standard InChI is InChI=1S/C12H14N4/c1-12(2,13)11-7-10(15-8-16-11)9-5-3-4-6-14-9/h3-8H,13H2,1-2H3. The fraction of sp³-hybridized carbons (Fsp3) is 0.250. The van der Waals surface area contributed by atoms with Crippen LogP contribution < -0.4 is 5.73 Å². The summed E-state index contributed by atoms with van der Waals surface area (Å²) in [5.74, 6) is 0. The summed E-state index contributed by atoms with van der Waals surface area (Å²) in [5, 5.41) is 0. The Morgan fingerprint density at radius 1 is 1.06 bits per heavy atom. The summed E-state index contributed by atoms with van der Waals surface area (Å²) in [6, 6.07) is 7.59. The highest BCUT2D eigenvalue weighted by Crippen LogP contribution is 2.19. The Hall–Kier alpha value is -1.81. The van der Waals surface area contributed by atoms with Crippen molar-refractivity contribution >= 4 is 0 Å². The van der Waals surface area contributed by atoms with Crippen LogP contribution in [0.25, 0.3) is 11.4 Å². The summed E-state index contributed by atoms with van der Waals surface area (Å²) < 4.78 is 0. The molecule has 0 saturated heterocycles. The lowest BCUT2D eigenvalue weighted by atomic mass is 10.0. The SMILES string of the molecule is CC(C)(N)c1cc(-c2ccccn2)ncn1. The lowest BCUT2D eigenvalue weighted by Gasteiger charge is -2.17. The average Bonchev–Trinajstić information content (AvgIpc) is 2.29. The second-order valence-corrected chi connectivity index (χ2v) is 4.23. The second-order valence-electron chi connectivity index (χ2n) is 4.23. The number of hydrogen-bond donors (Lipinski definition) is 1. The molecule has 0 aliphatic rings. The molecule has 0 atom stereocenters. The maximum atomic E-state index is 5.99. The van der Waals surface area contributed by atoms with E-state index in [0.29, 0.717) is 0 Å². The maximum absolute atomic E-state index is 5.99. The first-order chi connectivity index (χ1) is 7.57. The highest BCUT2D eigenvalue weighted by molar-refractivity contribution is 5.53. The minimum absolute atomic E-state index is 0.466. The number of aromatic nitrogens is 3. The fourth-order valence-electron chi connectivity index (χ4n) is 1.36. The first kappa shape index (κ1) is 10.7. The molecule has 0 aromatic carbocycles. The van der Waals surface area contributed by atoms with Crippen molar-refractivity contribution in [3.8, 4) is 11.4 Å². The molecule has 0 aliphatic heterocycles. The molecular formula is C12H14N4. The summed E-state index contributed by atoms with van der Waals surface area (Å²) in [4.78, 5) is 12.6. The van der Waals surface area contributed by atoms with Gasteiger partial charge in [0, 0.05) is 6.20 Å². The third kappa shape index (κ3) is 2.23. The third-order valence-electron chi connectivity index (χ3n) is 2.25. The predicted molar refractivity (Wildman–Crippen MR) is 62.5 cm³/mol. The van der Waals surface area contributed by atoms with Crippen LogP contribution in [0.2, 0.25) is 0 Å². The van der Waals surface area contributed by atoms with Gasteiger partial charge in [0.1, 0.15) is 6.33 Å². The monoisotopic (exact) mass is 214 g/mol. The molecule has 0 saturated carbocycles. The van der Waals surface area contributed by atoms with Gasteiger partial charge in [-0.25, -0.2) is 9.97 Å². The lowest BCUT2D eigenvalue weighted by Crippen LogP contribution is -2.29. The summed E-state index contributed by atoms with van der Waals surface area (Å²) in [7, 11) is 0. The van der Waals surface area contributed by atoms with E-state index >= 15 is 0 Å². The zero-order valence-electron chi connectivity index (χ0n) is 9.38. The molecule has 2 aromatic heterocycles. The van der Waals surface area contributed by atoms with E-state index in [4.69, 9.17) is 5.73 Å². The summed E-state index contributed by atoms with van der Waals surface area (Å²) >= 11 is 0. The number of rotatable bonds is 2. The Morgan fingerprint density at radius 3 is 2.50 bits per heavy atom. The van der Waals surface area contributed by atoms with Crippen molar-refractivity contribution < 1.29 is 0 Å². The van der Waals surface area contributed by atoms with Gasteiger partial charge in [0.15, 0.2) is 0 Å². The molecule has 4 heteroatoms. The second kappa shape index (κ2) is 3.98. The van der Waals surface area contributed by atoms with Crippen molar-refractivity contribution in [1.29, 1.82) is 0 Å². The number of hydrogen-bond acceptors (Lipinski definition) is 4. The molecule has 2 heterocycles. The fourth-order valence-corrected chi connectivity index (χ4v) is 1.36. The Morgan fingerprint density at radius 2 is 1.88 bits per heavy atom. The van der Waals surface area contributed by atoms with Crippen LogP contribution in [-0.4, -0.2) is 15.0 Å². The van der Waals surface area contributed by atoms with E-state index in [1.54, 1.807) is 6.20 Å². The van der Waals surface area contributed by atoms with Crippen LogP contribution in [0.15, 0.2) is 36.8 Å². The van der Waals surface area contributed by atoms with Gasteiger partial charge in [-0.2, -0.15) is 0 Å². The largest absolute Gasteiger partial charge is 0.321 e. The van der Waals surface area contributed by atoms with E-state index in [2.05, 4.69) is 15.0 Å². The van der Waals surface area contributed by atoms with Crippen molar-refractivity contribution in [3.63, 3.8) is 0 Å². The van der Waals surface area contributed by atoms with Crippen LogP contribution in [0.1, 0.15) is 19.5 Å². The molecule has 4 nitrogen and oxygen atoms in total. The molecule has 82 valence electrons. The normalized spacial score (nSPS) is 11.4. The van der Waals surface area contributed by atoms with Crippen LogP contribution >= 0.6 is 0 Å². The lowest BCUT2D eigenvalue weighted by molar-refractivity contribution is 0.534. The van der Waals surface area contributed by atoms with Crippen LogP contribution in [0.3, 0.4) is 0 Å². The molecule has 0 radical (unpaired) electrons. The number of pyridine rings is 1. The first-order valence-corrected chi connectivity index (χ1v) is 5.10. The molecule has 0 amide bonds. The number of nitrogens with zero attached hydrogens (tertiary/aromatic N) is 3. The molecule has 0 bridgehead atoms. The molecule has 0 spiro atoms. The summed E-state index contributed by atoms with van der Waals surface area (Å²) in [5.41, 5.74) is 7.96. The quantitative estimate of drug-likeness (QED) is 0.826. The molecule has 0 fully saturated rings. The van der Waals surface area contributed by atoms with Crippen LogP contribution in [0.5, 0.6) is 0 Å². The van der Waals surface area contributed by atoms with Crippen LogP contribution in [-0.2, 0) is 5.54 Å².